The molecule has 0 amide bonds. The van der Waals surface area contributed by atoms with Crippen molar-refractivity contribution in [1.29, 1.82) is 0 Å². The Kier molecular flexibility index (Phi) is 6.92. The molecule has 0 saturated heterocycles. The molecule has 1 heterocycles. The first-order valence-corrected chi connectivity index (χ1v) is 9.06. The average molecular weight is 363 g/mol. The van der Waals surface area contributed by atoms with Crippen LogP contribution in [0.1, 0.15) is 16.9 Å². The van der Waals surface area contributed by atoms with Crippen LogP contribution in [-0.4, -0.2) is 19.6 Å². The largest absolute Gasteiger partial charge is 0.489 e. The SMILES string of the molecule is CN=C(NCCc1ccco1)NCc1cccc(OCc2ccccc2)c1. The Labute approximate surface area is 160 Å². The van der Waals surface area contributed by atoms with E-state index in [0.29, 0.717) is 13.2 Å². The van der Waals surface area contributed by atoms with Crippen LogP contribution in [0.3, 0.4) is 0 Å². The molecule has 0 fully saturated rings. The van der Waals surface area contributed by atoms with Crippen LogP contribution in [-0.2, 0) is 19.6 Å². The molecule has 3 aromatic rings. The van der Waals surface area contributed by atoms with Crippen molar-refractivity contribution in [2.75, 3.05) is 13.6 Å². The van der Waals surface area contributed by atoms with E-state index in [1.54, 1.807) is 13.3 Å². The van der Waals surface area contributed by atoms with Crippen LogP contribution >= 0.6 is 0 Å². The van der Waals surface area contributed by atoms with E-state index >= 15 is 0 Å². The number of guanidine groups is 1. The van der Waals surface area contributed by atoms with E-state index in [-0.39, 0.29) is 0 Å². The van der Waals surface area contributed by atoms with E-state index in [2.05, 4.69) is 33.8 Å². The maximum Gasteiger partial charge on any atom is 0.191 e. The summed E-state index contributed by atoms with van der Waals surface area (Å²) in [5, 5.41) is 6.61. The Morgan fingerprint density at radius 2 is 1.81 bits per heavy atom. The summed E-state index contributed by atoms with van der Waals surface area (Å²) in [4.78, 5) is 4.25. The molecule has 0 aliphatic heterocycles. The van der Waals surface area contributed by atoms with Gasteiger partial charge in [0.25, 0.3) is 0 Å². The Hall–Kier alpha value is -3.21. The zero-order valence-electron chi connectivity index (χ0n) is 15.5. The molecule has 140 valence electrons. The van der Waals surface area contributed by atoms with Crippen molar-refractivity contribution in [3.05, 3.63) is 89.9 Å². The molecule has 0 spiro atoms. The van der Waals surface area contributed by atoms with Gasteiger partial charge in [0.1, 0.15) is 18.1 Å². The number of benzene rings is 2. The zero-order chi connectivity index (χ0) is 18.7. The highest BCUT2D eigenvalue weighted by atomic mass is 16.5. The topological polar surface area (TPSA) is 58.8 Å². The Balaban J connectivity index is 1.45. The van der Waals surface area contributed by atoms with E-state index in [0.717, 1.165) is 41.6 Å². The van der Waals surface area contributed by atoms with Gasteiger partial charge in [-0.15, -0.1) is 0 Å². The molecule has 5 heteroatoms. The summed E-state index contributed by atoms with van der Waals surface area (Å²) in [6, 6.07) is 22.1. The fraction of sp³-hybridized carbons (Fsp3) is 0.227. The first kappa shape index (κ1) is 18.6. The van der Waals surface area contributed by atoms with Gasteiger partial charge in [-0.1, -0.05) is 42.5 Å². The molecule has 0 aliphatic rings. The van der Waals surface area contributed by atoms with Crippen LogP contribution in [0, 0.1) is 0 Å². The molecular weight excluding hydrogens is 338 g/mol. The molecule has 0 saturated carbocycles. The number of ether oxygens (including phenoxy) is 1. The smallest absolute Gasteiger partial charge is 0.191 e. The third-order valence-corrected chi connectivity index (χ3v) is 4.07. The van der Waals surface area contributed by atoms with Gasteiger partial charge in [0.05, 0.1) is 6.26 Å². The number of rotatable bonds is 8. The van der Waals surface area contributed by atoms with E-state index in [4.69, 9.17) is 9.15 Å². The van der Waals surface area contributed by atoms with E-state index < -0.39 is 0 Å². The Bertz CT molecular complexity index is 830. The number of hydrogen-bond acceptors (Lipinski definition) is 3. The molecule has 0 radical (unpaired) electrons. The molecule has 5 nitrogen and oxygen atoms in total. The zero-order valence-corrected chi connectivity index (χ0v) is 15.5. The predicted octanol–water partition coefficient (Wildman–Crippen LogP) is 3.77. The van der Waals surface area contributed by atoms with Gasteiger partial charge in [-0.25, -0.2) is 0 Å². The van der Waals surface area contributed by atoms with Gasteiger partial charge in [0, 0.05) is 26.6 Å². The van der Waals surface area contributed by atoms with Gasteiger partial charge in [-0.05, 0) is 35.4 Å². The molecule has 0 unspecified atom stereocenters. The normalized spacial score (nSPS) is 11.2. The lowest BCUT2D eigenvalue weighted by atomic mass is 10.2. The summed E-state index contributed by atoms with van der Waals surface area (Å²) < 4.78 is 11.2. The summed E-state index contributed by atoms with van der Waals surface area (Å²) in [7, 11) is 1.77. The summed E-state index contributed by atoms with van der Waals surface area (Å²) in [5.41, 5.74) is 2.29. The van der Waals surface area contributed by atoms with Crippen molar-refractivity contribution in [3.8, 4) is 5.75 Å². The van der Waals surface area contributed by atoms with Crippen LogP contribution in [0.4, 0.5) is 0 Å². The molecule has 27 heavy (non-hydrogen) atoms. The first-order chi connectivity index (χ1) is 13.3. The second-order valence-corrected chi connectivity index (χ2v) is 6.10. The van der Waals surface area contributed by atoms with Crippen molar-refractivity contribution in [2.24, 2.45) is 4.99 Å². The van der Waals surface area contributed by atoms with Crippen molar-refractivity contribution in [1.82, 2.24) is 10.6 Å². The summed E-state index contributed by atoms with van der Waals surface area (Å²) in [5.74, 6) is 2.58. The van der Waals surface area contributed by atoms with Crippen LogP contribution < -0.4 is 15.4 Å². The van der Waals surface area contributed by atoms with Gasteiger partial charge < -0.3 is 19.8 Å². The summed E-state index contributed by atoms with van der Waals surface area (Å²) >= 11 is 0. The molecule has 2 N–H and O–H groups in total. The van der Waals surface area contributed by atoms with E-state index in [9.17, 15) is 0 Å². The van der Waals surface area contributed by atoms with Crippen molar-refractivity contribution < 1.29 is 9.15 Å². The molecule has 0 aliphatic carbocycles. The molecule has 2 aromatic carbocycles. The van der Waals surface area contributed by atoms with Crippen molar-refractivity contribution in [3.63, 3.8) is 0 Å². The second-order valence-electron chi connectivity index (χ2n) is 6.10. The standard InChI is InChI=1S/C22H25N3O2/c1-23-22(24-13-12-20-11-6-14-26-20)25-16-19-9-5-10-21(15-19)27-17-18-7-3-2-4-8-18/h2-11,14-15H,12-13,16-17H2,1H3,(H2,23,24,25). The molecule has 0 bridgehead atoms. The minimum Gasteiger partial charge on any atom is -0.489 e. The third-order valence-electron chi connectivity index (χ3n) is 4.07. The fourth-order valence-electron chi connectivity index (χ4n) is 2.65. The minimum absolute atomic E-state index is 0.563. The van der Waals surface area contributed by atoms with Crippen LogP contribution in [0.2, 0.25) is 0 Å². The van der Waals surface area contributed by atoms with Gasteiger partial charge in [0.2, 0.25) is 0 Å². The Morgan fingerprint density at radius 1 is 0.963 bits per heavy atom. The highest BCUT2D eigenvalue weighted by Crippen LogP contribution is 2.15. The maximum absolute atomic E-state index is 5.89. The van der Waals surface area contributed by atoms with Gasteiger partial charge in [-0.3, -0.25) is 4.99 Å². The number of furan rings is 1. The van der Waals surface area contributed by atoms with Gasteiger partial charge in [0.15, 0.2) is 5.96 Å². The van der Waals surface area contributed by atoms with Crippen LogP contribution in [0.5, 0.6) is 5.75 Å². The number of nitrogens with zero attached hydrogens (tertiary/aromatic N) is 1. The van der Waals surface area contributed by atoms with Gasteiger partial charge >= 0.3 is 0 Å². The summed E-state index contributed by atoms with van der Waals surface area (Å²) in [6.45, 7) is 1.99. The molecular formula is C22H25N3O2. The van der Waals surface area contributed by atoms with E-state index in [1.165, 1.54) is 0 Å². The highest BCUT2D eigenvalue weighted by molar-refractivity contribution is 5.79. The van der Waals surface area contributed by atoms with E-state index in [1.807, 2.05) is 48.5 Å². The van der Waals surface area contributed by atoms with Crippen LogP contribution in [0.15, 0.2) is 82.4 Å². The monoisotopic (exact) mass is 363 g/mol. The predicted molar refractivity (Wildman–Crippen MR) is 108 cm³/mol. The maximum atomic E-state index is 5.89. The highest BCUT2D eigenvalue weighted by Gasteiger charge is 2.02. The quantitative estimate of drug-likeness (QED) is 0.472. The van der Waals surface area contributed by atoms with Gasteiger partial charge in [-0.2, -0.15) is 0 Å². The lowest BCUT2D eigenvalue weighted by Gasteiger charge is -2.12. The second kappa shape index (κ2) is 10.1. The van der Waals surface area contributed by atoms with Crippen molar-refractivity contribution >= 4 is 5.96 Å². The molecule has 0 atom stereocenters. The minimum atomic E-state index is 0.563. The first-order valence-electron chi connectivity index (χ1n) is 9.06. The number of aliphatic imine (C=N–C) groups is 1. The fourth-order valence-corrected chi connectivity index (χ4v) is 2.65. The average Bonchev–Trinajstić information content (AvgIpc) is 3.23. The Morgan fingerprint density at radius 3 is 2.59 bits per heavy atom. The van der Waals surface area contributed by atoms with Crippen LogP contribution in [0.25, 0.3) is 0 Å². The summed E-state index contributed by atoms with van der Waals surface area (Å²) in [6.07, 6.45) is 2.51. The molecule has 1 aromatic heterocycles. The van der Waals surface area contributed by atoms with Crippen molar-refractivity contribution in [2.45, 2.75) is 19.6 Å². The lowest BCUT2D eigenvalue weighted by molar-refractivity contribution is 0.306. The number of nitrogens with one attached hydrogen (secondary N) is 2. The number of hydrogen-bond donors (Lipinski definition) is 2. The third kappa shape index (κ3) is 6.22. The molecule has 3 rings (SSSR count). The lowest BCUT2D eigenvalue weighted by Crippen LogP contribution is -2.37.